The van der Waals surface area contributed by atoms with E-state index in [0.29, 0.717) is 18.5 Å². The SMILES string of the molecule is Br.Cc1ccc(C(=O)CSC(=O)CCn2cnc3ccccc32)cc1. The average Bonchev–Trinajstić information content (AvgIpc) is 3.01. The number of nitrogens with zero attached hydrogens (tertiary/aromatic N) is 2. The molecule has 3 aromatic rings. The van der Waals surface area contributed by atoms with Crippen LogP contribution in [-0.4, -0.2) is 26.2 Å². The third kappa shape index (κ3) is 5.03. The molecule has 0 unspecified atom stereocenters. The highest BCUT2D eigenvalue weighted by atomic mass is 79.9. The van der Waals surface area contributed by atoms with Gasteiger partial charge in [-0.05, 0) is 19.1 Å². The zero-order valence-electron chi connectivity index (χ0n) is 13.8. The summed E-state index contributed by atoms with van der Waals surface area (Å²) >= 11 is 1.09. The number of aryl methyl sites for hydroxylation is 2. The van der Waals surface area contributed by atoms with Gasteiger partial charge >= 0.3 is 0 Å². The van der Waals surface area contributed by atoms with Gasteiger partial charge in [0.1, 0.15) is 0 Å². The number of hydrogen-bond acceptors (Lipinski definition) is 4. The molecule has 1 heterocycles. The first-order valence-electron chi connectivity index (χ1n) is 7.79. The summed E-state index contributed by atoms with van der Waals surface area (Å²) < 4.78 is 1.97. The van der Waals surface area contributed by atoms with Gasteiger partial charge in [-0.25, -0.2) is 4.98 Å². The van der Waals surface area contributed by atoms with Gasteiger partial charge < -0.3 is 4.57 Å². The lowest BCUT2D eigenvalue weighted by Gasteiger charge is -2.04. The minimum absolute atomic E-state index is 0. The minimum Gasteiger partial charge on any atom is -0.330 e. The molecule has 0 aliphatic heterocycles. The van der Waals surface area contributed by atoms with Crippen LogP contribution in [-0.2, 0) is 11.3 Å². The van der Waals surface area contributed by atoms with Crippen molar-refractivity contribution < 1.29 is 9.59 Å². The molecule has 0 saturated heterocycles. The Hall–Kier alpha value is -1.92. The van der Waals surface area contributed by atoms with Gasteiger partial charge in [-0.2, -0.15) is 0 Å². The first-order valence-corrected chi connectivity index (χ1v) is 8.77. The van der Waals surface area contributed by atoms with Crippen LogP contribution in [0.4, 0.5) is 0 Å². The summed E-state index contributed by atoms with van der Waals surface area (Å²) in [6.07, 6.45) is 2.13. The molecule has 130 valence electrons. The van der Waals surface area contributed by atoms with E-state index in [4.69, 9.17) is 0 Å². The molecular formula is C19H19BrN2O2S. The maximum absolute atomic E-state index is 12.1. The molecular weight excluding hydrogens is 400 g/mol. The van der Waals surface area contributed by atoms with Crippen molar-refractivity contribution in [1.82, 2.24) is 9.55 Å². The largest absolute Gasteiger partial charge is 0.330 e. The zero-order valence-corrected chi connectivity index (χ0v) is 16.4. The highest BCUT2D eigenvalue weighted by Crippen LogP contribution is 2.15. The number of para-hydroxylation sites is 2. The summed E-state index contributed by atoms with van der Waals surface area (Å²) in [5.41, 5.74) is 3.71. The molecule has 2 aromatic carbocycles. The number of Topliss-reactive ketones (excluding diaryl/α,β-unsaturated/α-hetero) is 1. The van der Waals surface area contributed by atoms with Crippen LogP contribution in [0.3, 0.4) is 0 Å². The topological polar surface area (TPSA) is 52.0 Å². The number of aromatic nitrogens is 2. The van der Waals surface area contributed by atoms with Crippen LogP contribution in [0.2, 0.25) is 0 Å². The van der Waals surface area contributed by atoms with E-state index in [9.17, 15) is 9.59 Å². The zero-order chi connectivity index (χ0) is 16.9. The second-order valence-electron chi connectivity index (χ2n) is 5.63. The van der Waals surface area contributed by atoms with Crippen LogP contribution in [0.1, 0.15) is 22.3 Å². The van der Waals surface area contributed by atoms with E-state index in [-0.39, 0.29) is 33.6 Å². The Morgan fingerprint density at radius 3 is 2.56 bits per heavy atom. The molecule has 1 aromatic heterocycles. The molecule has 0 aliphatic carbocycles. The van der Waals surface area contributed by atoms with Gasteiger partial charge in [0, 0.05) is 18.5 Å². The van der Waals surface area contributed by atoms with Gasteiger partial charge in [0.2, 0.25) is 0 Å². The summed E-state index contributed by atoms with van der Waals surface area (Å²) in [5, 5.41) is 0.0215. The second-order valence-corrected chi connectivity index (χ2v) is 6.66. The Morgan fingerprint density at radius 1 is 1.08 bits per heavy atom. The van der Waals surface area contributed by atoms with Crippen LogP contribution in [0.5, 0.6) is 0 Å². The Morgan fingerprint density at radius 2 is 1.80 bits per heavy atom. The molecule has 0 N–H and O–H groups in total. The third-order valence-electron chi connectivity index (χ3n) is 3.82. The maximum atomic E-state index is 12.1. The smallest absolute Gasteiger partial charge is 0.191 e. The van der Waals surface area contributed by atoms with Crippen molar-refractivity contribution >= 4 is 50.7 Å². The van der Waals surface area contributed by atoms with Crippen LogP contribution >= 0.6 is 28.7 Å². The fourth-order valence-electron chi connectivity index (χ4n) is 2.44. The van der Waals surface area contributed by atoms with E-state index < -0.39 is 0 Å². The standard InChI is InChI=1S/C19H18N2O2S.BrH/c1-14-6-8-15(9-7-14)18(22)12-24-19(23)10-11-21-13-20-16-4-2-3-5-17(16)21;/h2-9,13H,10-12H2,1H3;1H. The number of rotatable bonds is 6. The van der Waals surface area contributed by atoms with Crippen molar-refractivity contribution in [2.45, 2.75) is 19.9 Å². The van der Waals surface area contributed by atoms with E-state index >= 15 is 0 Å². The lowest BCUT2D eigenvalue weighted by Crippen LogP contribution is -2.07. The second kappa shape index (κ2) is 8.97. The number of fused-ring (bicyclic) bond motifs is 1. The molecule has 25 heavy (non-hydrogen) atoms. The van der Waals surface area contributed by atoms with Crippen LogP contribution in [0.15, 0.2) is 54.9 Å². The van der Waals surface area contributed by atoms with Gasteiger partial charge in [0.15, 0.2) is 10.9 Å². The number of benzene rings is 2. The number of hydrogen-bond donors (Lipinski definition) is 0. The van der Waals surface area contributed by atoms with E-state index in [1.165, 1.54) is 0 Å². The molecule has 0 amide bonds. The van der Waals surface area contributed by atoms with Crippen LogP contribution in [0.25, 0.3) is 11.0 Å². The molecule has 0 bridgehead atoms. The van der Waals surface area contributed by atoms with Gasteiger partial charge in [0.05, 0.1) is 23.1 Å². The number of imidazole rings is 1. The van der Waals surface area contributed by atoms with Gasteiger partial charge in [-0.1, -0.05) is 53.7 Å². The number of halogens is 1. The molecule has 4 nitrogen and oxygen atoms in total. The Bertz CT molecular complexity index is 875. The maximum Gasteiger partial charge on any atom is 0.191 e. The number of thioether (sulfide) groups is 1. The average molecular weight is 419 g/mol. The quantitative estimate of drug-likeness (QED) is 0.554. The number of ketones is 1. The summed E-state index contributed by atoms with van der Waals surface area (Å²) in [6, 6.07) is 15.3. The molecule has 0 fully saturated rings. The number of carbonyl (C=O) groups excluding carboxylic acids is 2. The van der Waals surface area contributed by atoms with Crippen molar-refractivity contribution in [2.24, 2.45) is 0 Å². The summed E-state index contributed by atoms with van der Waals surface area (Å²) in [7, 11) is 0. The first kappa shape index (κ1) is 19.4. The highest BCUT2D eigenvalue weighted by Gasteiger charge is 2.11. The predicted molar refractivity (Wildman–Crippen MR) is 108 cm³/mol. The lowest BCUT2D eigenvalue weighted by molar-refractivity contribution is -0.111. The first-order chi connectivity index (χ1) is 11.6. The Kier molecular flexibility index (Phi) is 6.96. The van der Waals surface area contributed by atoms with Crippen LogP contribution in [0, 0.1) is 6.92 Å². The van der Waals surface area contributed by atoms with Crippen molar-refractivity contribution in [2.75, 3.05) is 5.75 Å². The van der Waals surface area contributed by atoms with E-state index in [1.807, 2.05) is 47.9 Å². The Labute approximate surface area is 161 Å². The summed E-state index contributed by atoms with van der Waals surface area (Å²) in [6.45, 7) is 2.55. The van der Waals surface area contributed by atoms with Crippen molar-refractivity contribution in [3.8, 4) is 0 Å². The molecule has 3 rings (SSSR count). The normalized spacial score (nSPS) is 10.4. The molecule has 0 atom stereocenters. The Balaban J connectivity index is 0.00000225. The van der Waals surface area contributed by atoms with Gasteiger partial charge in [-0.3, -0.25) is 9.59 Å². The van der Waals surface area contributed by atoms with Crippen molar-refractivity contribution in [3.05, 3.63) is 66.0 Å². The molecule has 0 spiro atoms. The fourth-order valence-corrected chi connectivity index (χ4v) is 3.14. The third-order valence-corrected chi connectivity index (χ3v) is 4.75. The van der Waals surface area contributed by atoms with Gasteiger partial charge in [0.25, 0.3) is 0 Å². The lowest BCUT2D eigenvalue weighted by atomic mass is 10.1. The van der Waals surface area contributed by atoms with Crippen LogP contribution < -0.4 is 0 Å². The highest BCUT2D eigenvalue weighted by molar-refractivity contribution is 8.93. The minimum atomic E-state index is -0.0126. The van der Waals surface area contributed by atoms with Gasteiger partial charge in [-0.15, -0.1) is 17.0 Å². The monoisotopic (exact) mass is 418 g/mol. The molecule has 6 heteroatoms. The van der Waals surface area contributed by atoms with E-state index in [2.05, 4.69) is 4.98 Å². The molecule has 0 radical (unpaired) electrons. The molecule has 0 aliphatic rings. The van der Waals surface area contributed by atoms with Crippen molar-refractivity contribution in [1.29, 1.82) is 0 Å². The van der Waals surface area contributed by atoms with Crippen molar-refractivity contribution in [3.63, 3.8) is 0 Å². The summed E-state index contributed by atoms with van der Waals surface area (Å²) in [5.74, 6) is 0.175. The molecule has 0 saturated carbocycles. The summed E-state index contributed by atoms with van der Waals surface area (Å²) in [4.78, 5) is 28.4. The fraction of sp³-hybridized carbons (Fsp3) is 0.211. The number of carbonyl (C=O) groups is 2. The van der Waals surface area contributed by atoms with E-state index in [1.54, 1.807) is 18.5 Å². The van der Waals surface area contributed by atoms with E-state index in [0.717, 1.165) is 28.4 Å². The predicted octanol–water partition coefficient (Wildman–Crippen LogP) is 4.46.